The van der Waals surface area contributed by atoms with E-state index < -0.39 is 23.5 Å². The van der Waals surface area contributed by atoms with Crippen molar-refractivity contribution in [3.05, 3.63) is 69.5 Å². The zero-order valence-electron chi connectivity index (χ0n) is 9.89. The number of hydrogen-bond donors (Lipinski definition) is 0. The van der Waals surface area contributed by atoms with Crippen LogP contribution >= 0.6 is 23.2 Å². The van der Waals surface area contributed by atoms with E-state index in [0.717, 1.165) is 12.1 Å². The van der Waals surface area contributed by atoms with E-state index in [0.29, 0.717) is 5.02 Å². The van der Waals surface area contributed by atoms with Crippen LogP contribution < -0.4 is 0 Å². The van der Waals surface area contributed by atoms with Gasteiger partial charge in [-0.25, -0.2) is 4.39 Å². The predicted octanol–water partition coefficient (Wildman–Crippen LogP) is 5.83. The van der Waals surface area contributed by atoms with Crippen molar-refractivity contribution in [1.82, 2.24) is 0 Å². The van der Waals surface area contributed by atoms with E-state index in [1.165, 1.54) is 30.3 Å². The van der Waals surface area contributed by atoms with Crippen molar-refractivity contribution in [2.45, 2.75) is 12.1 Å². The molecule has 0 nitrogen and oxygen atoms in total. The SMILES string of the molecule is Fc1cc(Cl)ccc1C(c1ccc(Cl)cc1)C(F)(F)F. The molecule has 0 bridgehead atoms. The lowest BCUT2D eigenvalue weighted by molar-refractivity contribution is -0.141. The Bertz CT molecular complexity index is 606. The van der Waals surface area contributed by atoms with Crippen molar-refractivity contribution in [2.24, 2.45) is 0 Å². The maximum atomic E-state index is 13.8. The van der Waals surface area contributed by atoms with E-state index in [9.17, 15) is 17.6 Å². The summed E-state index contributed by atoms with van der Waals surface area (Å²) in [6.07, 6.45) is -4.62. The Labute approximate surface area is 122 Å². The Morgan fingerprint density at radius 3 is 1.90 bits per heavy atom. The molecule has 0 N–H and O–H groups in total. The second-order valence-corrected chi connectivity index (χ2v) is 5.06. The molecule has 0 spiro atoms. The van der Waals surface area contributed by atoms with Gasteiger partial charge in [0.15, 0.2) is 0 Å². The number of halogens is 6. The molecule has 2 aromatic rings. The first kappa shape index (κ1) is 15.1. The molecule has 20 heavy (non-hydrogen) atoms. The molecule has 0 saturated carbocycles. The van der Waals surface area contributed by atoms with Gasteiger partial charge in [-0.05, 0) is 29.8 Å². The van der Waals surface area contributed by atoms with Crippen molar-refractivity contribution < 1.29 is 17.6 Å². The predicted molar refractivity (Wildman–Crippen MR) is 70.8 cm³/mol. The monoisotopic (exact) mass is 322 g/mol. The van der Waals surface area contributed by atoms with Crippen LogP contribution in [0.3, 0.4) is 0 Å². The van der Waals surface area contributed by atoms with Gasteiger partial charge in [0.05, 0.1) is 0 Å². The first-order valence-electron chi connectivity index (χ1n) is 5.56. The molecule has 2 aromatic carbocycles. The molecule has 2 rings (SSSR count). The summed E-state index contributed by atoms with van der Waals surface area (Å²) >= 11 is 11.2. The topological polar surface area (TPSA) is 0 Å². The molecule has 0 radical (unpaired) electrons. The molecule has 1 atom stereocenters. The second-order valence-electron chi connectivity index (χ2n) is 4.19. The van der Waals surface area contributed by atoms with Crippen molar-refractivity contribution in [3.63, 3.8) is 0 Å². The summed E-state index contributed by atoms with van der Waals surface area (Å²) in [5.41, 5.74) is -0.549. The van der Waals surface area contributed by atoms with Crippen molar-refractivity contribution >= 4 is 23.2 Å². The average Bonchev–Trinajstić information content (AvgIpc) is 2.33. The van der Waals surface area contributed by atoms with Gasteiger partial charge in [-0.3, -0.25) is 0 Å². The Hall–Kier alpha value is -1.26. The summed E-state index contributed by atoms with van der Waals surface area (Å²) < 4.78 is 53.5. The van der Waals surface area contributed by atoms with Crippen LogP contribution in [-0.4, -0.2) is 6.18 Å². The molecular formula is C14H8Cl2F4. The quantitative estimate of drug-likeness (QED) is 0.610. The Balaban J connectivity index is 2.56. The lowest BCUT2D eigenvalue weighted by Gasteiger charge is -2.22. The molecule has 0 aliphatic carbocycles. The van der Waals surface area contributed by atoms with Crippen molar-refractivity contribution in [1.29, 1.82) is 0 Å². The van der Waals surface area contributed by atoms with Crippen molar-refractivity contribution in [2.75, 3.05) is 0 Å². The number of alkyl halides is 3. The van der Waals surface area contributed by atoms with Gasteiger partial charge in [0.1, 0.15) is 11.7 Å². The minimum absolute atomic E-state index is 0.0447. The highest BCUT2D eigenvalue weighted by Gasteiger charge is 2.43. The zero-order chi connectivity index (χ0) is 14.9. The molecule has 106 valence electrons. The molecule has 1 unspecified atom stereocenters. The molecule has 0 fully saturated rings. The van der Waals surface area contributed by atoms with Crippen LogP contribution in [0.1, 0.15) is 17.0 Å². The first-order valence-corrected chi connectivity index (χ1v) is 6.32. The number of benzene rings is 2. The average molecular weight is 323 g/mol. The van der Waals surface area contributed by atoms with Gasteiger partial charge < -0.3 is 0 Å². The third-order valence-electron chi connectivity index (χ3n) is 2.80. The van der Waals surface area contributed by atoms with Crippen LogP contribution in [0.2, 0.25) is 10.0 Å². The number of rotatable bonds is 2. The maximum Gasteiger partial charge on any atom is 0.399 e. The minimum Gasteiger partial charge on any atom is -0.207 e. The van der Waals surface area contributed by atoms with Gasteiger partial charge in [-0.15, -0.1) is 0 Å². The maximum absolute atomic E-state index is 13.8. The fraction of sp³-hybridized carbons (Fsp3) is 0.143. The number of hydrogen-bond acceptors (Lipinski definition) is 0. The van der Waals surface area contributed by atoms with E-state index in [2.05, 4.69) is 0 Å². The second kappa shape index (κ2) is 5.62. The van der Waals surface area contributed by atoms with E-state index in [1.807, 2.05) is 0 Å². The first-order chi connectivity index (χ1) is 9.29. The zero-order valence-corrected chi connectivity index (χ0v) is 11.4. The molecule has 0 aromatic heterocycles. The van der Waals surface area contributed by atoms with E-state index in [1.54, 1.807) is 0 Å². The van der Waals surface area contributed by atoms with Crippen LogP contribution in [0.4, 0.5) is 17.6 Å². The summed E-state index contributed by atoms with van der Waals surface area (Å²) in [5, 5.41) is 0.356. The lowest BCUT2D eigenvalue weighted by Crippen LogP contribution is -2.23. The van der Waals surface area contributed by atoms with E-state index in [4.69, 9.17) is 23.2 Å². The normalized spacial score (nSPS) is 13.3. The summed E-state index contributed by atoms with van der Waals surface area (Å²) in [4.78, 5) is 0. The largest absolute Gasteiger partial charge is 0.399 e. The fourth-order valence-corrected chi connectivity index (χ4v) is 2.22. The molecule has 0 amide bonds. The van der Waals surface area contributed by atoms with Gasteiger partial charge in [0, 0.05) is 15.6 Å². The molecule has 0 aliphatic heterocycles. The molecule has 0 heterocycles. The summed E-state index contributed by atoms with van der Waals surface area (Å²) in [6, 6.07) is 8.28. The summed E-state index contributed by atoms with van der Waals surface area (Å²) in [5.74, 6) is -3.05. The Morgan fingerprint density at radius 1 is 0.850 bits per heavy atom. The fourth-order valence-electron chi connectivity index (χ4n) is 1.94. The van der Waals surface area contributed by atoms with E-state index in [-0.39, 0.29) is 10.6 Å². The highest BCUT2D eigenvalue weighted by molar-refractivity contribution is 6.30. The minimum atomic E-state index is -4.62. The third-order valence-corrected chi connectivity index (χ3v) is 3.29. The van der Waals surface area contributed by atoms with Gasteiger partial charge in [-0.1, -0.05) is 41.4 Å². The van der Waals surface area contributed by atoms with Gasteiger partial charge >= 0.3 is 6.18 Å². The lowest BCUT2D eigenvalue weighted by atomic mass is 9.90. The highest BCUT2D eigenvalue weighted by Crippen LogP contribution is 2.41. The Kier molecular flexibility index (Phi) is 4.25. The standard InChI is InChI=1S/C14H8Cl2F4/c15-9-3-1-8(2-4-9)13(14(18,19)20)11-6-5-10(16)7-12(11)17/h1-7,13H. The smallest absolute Gasteiger partial charge is 0.207 e. The molecular weight excluding hydrogens is 315 g/mol. The Morgan fingerprint density at radius 2 is 1.40 bits per heavy atom. The molecule has 6 heteroatoms. The van der Waals surface area contributed by atoms with Gasteiger partial charge in [0.25, 0.3) is 0 Å². The summed E-state index contributed by atoms with van der Waals surface area (Å²) in [6.45, 7) is 0. The molecule has 0 saturated heterocycles. The van der Waals surface area contributed by atoms with E-state index >= 15 is 0 Å². The van der Waals surface area contributed by atoms with Gasteiger partial charge in [-0.2, -0.15) is 13.2 Å². The summed E-state index contributed by atoms with van der Waals surface area (Å²) in [7, 11) is 0. The molecule has 0 aliphatic rings. The van der Waals surface area contributed by atoms with Crippen LogP contribution in [0.15, 0.2) is 42.5 Å². The van der Waals surface area contributed by atoms with Crippen LogP contribution in [-0.2, 0) is 0 Å². The van der Waals surface area contributed by atoms with Crippen LogP contribution in [0, 0.1) is 5.82 Å². The van der Waals surface area contributed by atoms with Gasteiger partial charge in [0.2, 0.25) is 0 Å². The highest BCUT2D eigenvalue weighted by atomic mass is 35.5. The van der Waals surface area contributed by atoms with Crippen molar-refractivity contribution in [3.8, 4) is 0 Å². The van der Waals surface area contributed by atoms with Crippen LogP contribution in [0.5, 0.6) is 0 Å². The van der Waals surface area contributed by atoms with Crippen LogP contribution in [0.25, 0.3) is 0 Å². The third kappa shape index (κ3) is 3.25.